The van der Waals surface area contributed by atoms with Gasteiger partial charge in [0, 0.05) is 0 Å². The zero-order valence-electron chi connectivity index (χ0n) is 20.6. The number of halogens is 1. The Morgan fingerprint density at radius 1 is 1.03 bits per heavy atom. The van der Waals surface area contributed by atoms with Crippen LogP contribution >= 0.6 is 0 Å². The number of allylic oxidation sites excluding steroid dienone is 1. The number of hydrogen-bond donors (Lipinski definition) is 1. The summed E-state index contributed by atoms with van der Waals surface area (Å²) in [5.41, 5.74) is 5.20. The molecular formula is C21H42ClN3O6S. The number of nitrogens with zero attached hydrogens (tertiary/aromatic N) is 2. The molecule has 0 spiro atoms. The Bertz CT molecular complexity index is 672. The van der Waals surface area contributed by atoms with Crippen LogP contribution in [0.3, 0.4) is 0 Å². The van der Waals surface area contributed by atoms with Gasteiger partial charge in [0.25, 0.3) is 0 Å². The first kappa shape index (κ1) is 40.5. The molecule has 0 aliphatic rings. The van der Waals surface area contributed by atoms with Gasteiger partial charge in [0.15, 0.2) is 5.78 Å². The Morgan fingerprint density at radius 2 is 1.34 bits per heavy atom. The number of primary amides is 1. The van der Waals surface area contributed by atoms with Gasteiger partial charge in [0.2, 0.25) is 16.3 Å². The highest BCUT2D eigenvalue weighted by molar-refractivity contribution is 7.80. The minimum Gasteiger partial charge on any atom is -1.00 e. The minimum absolute atomic E-state index is 0. The Hall–Kier alpha value is -1.82. The van der Waals surface area contributed by atoms with Crippen molar-refractivity contribution in [1.82, 2.24) is 0 Å². The lowest BCUT2D eigenvalue weighted by Gasteiger charge is -2.26. The number of carbonyl (C=O) groups excluding carboxylic acids is 2. The Labute approximate surface area is 201 Å². The molecule has 9 nitrogen and oxygen atoms in total. The second kappa shape index (κ2) is 21.0. The molecule has 0 radical (unpaired) electrons. The van der Waals surface area contributed by atoms with Crippen LogP contribution in [-0.4, -0.2) is 95.6 Å². The number of quaternary nitrogens is 2. The fourth-order valence-electron chi connectivity index (χ4n) is 1.42. The van der Waals surface area contributed by atoms with Gasteiger partial charge in [-0.3, -0.25) is 13.8 Å². The van der Waals surface area contributed by atoms with E-state index >= 15 is 0 Å². The number of hydrogen-bond acceptors (Lipinski definition) is 6. The molecule has 11 heteroatoms. The SMILES string of the molecule is C=C(C)C(=O)CC[N+](C)(C)C.C=CC(N)=O.C=CC[N+](C)(C)CC=C.COS(=O)(=O)[O-].[Cl-]. The fourth-order valence-corrected chi connectivity index (χ4v) is 1.42. The van der Waals surface area contributed by atoms with Crippen LogP contribution in [0.5, 0.6) is 0 Å². The molecular weight excluding hydrogens is 458 g/mol. The molecule has 0 atom stereocenters. The molecule has 0 saturated heterocycles. The second-order valence-electron chi connectivity index (χ2n) is 8.03. The van der Waals surface area contributed by atoms with Gasteiger partial charge in [0.1, 0.15) is 0 Å². The molecule has 0 aliphatic carbocycles. The first-order chi connectivity index (χ1) is 13.8. The van der Waals surface area contributed by atoms with Crippen LogP contribution in [0, 0.1) is 0 Å². The highest BCUT2D eigenvalue weighted by Crippen LogP contribution is 1.99. The molecule has 0 aromatic rings. The van der Waals surface area contributed by atoms with Crippen LogP contribution in [0.15, 0.2) is 50.1 Å². The third-order valence-electron chi connectivity index (χ3n) is 3.14. The summed E-state index contributed by atoms with van der Waals surface area (Å²) in [6.07, 6.45) is 5.53. The van der Waals surface area contributed by atoms with E-state index in [0.29, 0.717) is 12.0 Å². The van der Waals surface area contributed by atoms with Gasteiger partial charge in [-0.25, -0.2) is 8.42 Å². The number of ketones is 1. The van der Waals surface area contributed by atoms with Crippen molar-refractivity contribution in [2.75, 3.05) is 62.0 Å². The lowest BCUT2D eigenvalue weighted by Crippen LogP contribution is -3.00. The Morgan fingerprint density at radius 3 is 1.50 bits per heavy atom. The van der Waals surface area contributed by atoms with Gasteiger partial charge < -0.3 is 31.7 Å². The normalized spacial score (nSPS) is 10.1. The molecule has 0 aromatic carbocycles. The summed E-state index contributed by atoms with van der Waals surface area (Å²) in [5.74, 6) is -0.303. The predicted octanol–water partition coefficient (Wildman–Crippen LogP) is -1.58. The van der Waals surface area contributed by atoms with Gasteiger partial charge in [-0.2, -0.15) is 0 Å². The van der Waals surface area contributed by atoms with Gasteiger partial charge in [0.05, 0.1) is 68.4 Å². The summed E-state index contributed by atoms with van der Waals surface area (Å²) in [6, 6.07) is 0. The summed E-state index contributed by atoms with van der Waals surface area (Å²) in [4.78, 5) is 20.6. The minimum atomic E-state index is -4.41. The lowest BCUT2D eigenvalue weighted by molar-refractivity contribution is -0.878. The van der Waals surface area contributed by atoms with Crippen molar-refractivity contribution in [2.24, 2.45) is 5.73 Å². The molecule has 0 fully saturated rings. The van der Waals surface area contributed by atoms with Crippen molar-refractivity contribution >= 4 is 22.1 Å². The summed E-state index contributed by atoms with van der Waals surface area (Å²) < 4.78 is 32.8. The lowest BCUT2D eigenvalue weighted by atomic mass is 10.1. The van der Waals surface area contributed by atoms with Crippen LogP contribution in [0.2, 0.25) is 0 Å². The van der Waals surface area contributed by atoms with Crippen LogP contribution in [0.4, 0.5) is 0 Å². The predicted molar refractivity (Wildman–Crippen MR) is 126 cm³/mol. The molecule has 0 rings (SSSR count). The van der Waals surface area contributed by atoms with E-state index < -0.39 is 16.3 Å². The summed E-state index contributed by atoms with van der Waals surface area (Å²) >= 11 is 0. The van der Waals surface area contributed by atoms with Gasteiger partial charge in [-0.05, 0) is 30.7 Å². The average molecular weight is 500 g/mol. The maximum absolute atomic E-state index is 11.1. The highest BCUT2D eigenvalue weighted by atomic mass is 35.5. The van der Waals surface area contributed by atoms with E-state index in [9.17, 15) is 22.6 Å². The number of rotatable bonds is 10. The monoisotopic (exact) mass is 499 g/mol. The standard InChI is InChI=1S/C9H18NO.C8H16N.C3H5NO.CH4O4S.ClH/c1-8(2)9(11)6-7-10(3,4)5;1-5-7-9(3,4)8-6-2;1-2-3(4)5;1-5-6(2,3)4;/h1,6-7H2,2-5H3;5-6H,1-2,7-8H2,3-4H3;2H,1H2,(H2,4,5);1H3,(H,2,3,4);1H/q2*+1;;;/p-2. The highest BCUT2D eigenvalue weighted by Gasteiger charge is 2.10. The van der Waals surface area contributed by atoms with Gasteiger partial charge in [-0.15, -0.1) is 0 Å². The number of likely N-dealkylation sites (N-methyl/N-ethyl adjacent to an activating group) is 1. The number of nitrogens with two attached hydrogens (primary N) is 1. The number of carbonyl (C=O) groups is 2. The molecule has 0 heterocycles. The van der Waals surface area contributed by atoms with E-state index in [1.54, 1.807) is 6.92 Å². The van der Waals surface area contributed by atoms with Crippen molar-refractivity contribution < 1.29 is 48.1 Å². The molecule has 2 N–H and O–H groups in total. The van der Waals surface area contributed by atoms with E-state index in [0.717, 1.165) is 41.8 Å². The Kier molecular flexibility index (Phi) is 26.7. The van der Waals surface area contributed by atoms with E-state index in [-0.39, 0.29) is 18.2 Å². The van der Waals surface area contributed by atoms with Crippen LogP contribution < -0.4 is 18.1 Å². The maximum atomic E-state index is 11.1. The quantitative estimate of drug-likeness (QED) is 0.127. The number of amides is 1. The van der Waals surface area contributed by atoms with Crippen molar-refractivity contribution in [3.8, 4) is 0 Å². The summed E-state index contributed by atoms with van der Waals surface area (Å²) in [5, 5.41) is 0. The smallest absolute Gasteiger partial charge is 0.240 e. The van der Waals surface area contributed by atoms with E-state index in [1.165, 1.54) is 0 Å². The van der Waals surface area contributed by atoms with Crippen molar-refractivity contribution in [1.29, 1.82) is 0 Å². The number of Topliss-reactive ketones (excluding diaryl/α,β-unsaturated/α-hetero) is 1. The van der Waals surface area contributed by atoms with Gasteiger partial charge in [-0.1, -0.05) is 26.3 Å². The molecule has 0 aromatic heterocycles. The zero-order chi connectivity index (χ0) is 25.9. The third kappa shape index (κ3) is 46.4. The van der Waals surface area contributed by atoms with Gasteiger partial charge >= 0.3 is 0 Å². The second-order valence-corrected chi connectivity index (χ2v) is 9.18. The van der Waals surface area contributed by atoms with E-state index in [4.69, 9.17) is 0 Å². The van der Waals surface area contributed by atoms with E-state index in [1.807, 2.05) is 12.2 Å². The van der Waals surface area contributed by atoms with Crippen molar-refractivity contribution in [3.05, 3.63) is 50.1 Å². The topological polar surface area (TPSA) is 127 Å². The molecule has 190 valence electrons. The molecule has 0 aliphatic heterocycles. The van der Waals surface area contributed by atoms with Crippen molar-refractivity contribution in [2.45, 2.75) is 13.3 Å². The zero-order valence-corrected chi connectivity index (χ0v) is 22.2. The fraction of sp³-hybridized carbons (Fsp3) is 0.524. The molecule has 32 heavy (non-hydrogen) atoms. The van der Waals surface area contributed by atoms with Crippen LogP contribution in [-0.2, 0) is 24.2 Å². The van der Waals surface area contributed by atoms with Crippen LogP contribution in [0.1, 0.15) is 13.3 Å². The summed E-state index contributed by atoms with van der Waals surface area (Å²) in [7, 11) is 6.93. The third-order valence-corrected chi connectivity index (χ3v) is 3.55. The first-order valence-electron chi connectivity index (χ1n) is 9.24. The molecule has 0 unspecified atom stereocenters. The van der Waals surface area contributed by atoms with Crippen molar-refractivity contribution in [3.63, 3.8) is 0 Å². The van der Waals surface area contributed by atoms with Crippen LogP contribution in [0.25, 0.3) is 0 Å². The largest absolute Gasteiger partial charge is 1.00 e. The molecule has 0 bridgehead atoms. The summed E-state index contributed by atoms with van der Waals surface area (Å²) in [6.45, 7) is 18.7. The maximum Gasteiger partial charge on any atom is 0.240 e. The first-order valence-corrected chi connectivity index (χ1v) is 10.6. The average Bonchev–Trinajstić information content (AvgIpc) is 2.59. The van der Waals surface area contributed by atoms with E-state index in [2.05, 4.69) is 71.5 Å². The molecule has 1 amide bonds. The molecule has 0 saturated carbocycles. The Balaban J connectivity index is -0.000000105.